The number of β-amino-alcohol motifs (C(OH)–C–C–N with tert-alkyl or cyclic N) is 1. The molecule has 0 amide bonds. The van der Waals surface area contributed by atoms with Crippen molar-refractivity contribution in [1.82, 2.24) is 15.0 Å². The maximum atomic E-state index is 10.1. The van der Waals surface area contributed by atoms with Crippen molar-refractivity contribution >= 4 is 0 Å². The highest BCUT2D eigenvalue weighted by Gasteiger charge is 2.36. The summed E-state index contributed by atoms with van der Waals surface area (Å²) in [7, 11) is 0. The van der Waals surface area contributed by atoms with E-state index in [9.17, 15) is 5.11 Å². The van der Waals surface area contributed by atoms with Crippen LogP contribution in [0.4, 0.5) is 0 Å². The smallest absolute Gasteiger partial charge is 0.244 e. The van der Waals surface area contributed by atoms with Gasteiger partial charge in [0.25, 0.3) is 0 Å². The SMILES string of the molecule is Cc1noc([C@H]2C[C@H](O)CN2Cc2ccc3c(c2)CC(C)(C)O3)n1. The number of aromatic nitrogens is 2. The minimum atomic E-state index is -0.362. The largest absolute Gasteiger partial charge is 0.487 e. The van der Waals surface area contributed by atoms with Gasteiger partial charge in [0.2, 0.25) is 5.89 Å². The summed E-state index contributed by atoms with van der Waals surface area (Å²) in [6, 6.07) is 6.34. The predicted molar refractivity (Wildman–Crippen MR) is 87.7 cm³/mol. The van der Waals surface area contributed by atoms with E-state index in [1.54, 1.807) is 0 Å². The molecule has 2 aromatic rings. The number of aryl methyl sites for hydroxylation is 1. The van der Waals surface area contributed by atoms with Crippen molar-refractivity contribution in [1.29, 1.82) is 0 Å². The van der Waals surface area contributed by atoms with Gasteiger partial charge in [-0.1, -0.05) is 17.3 Å². The molecule has 24 heavy (non-hydrogen) atoms. The van der Waals surface area contributed by atoms with Crippen LogP contribution >= 0.6 is 0 Å². The second-order valence-corrected chi connectivity index (χ2v) is 7.50. The van der Waals surface area contributed by atoms with Crippen LogP contribution in [0, 0.1) is 6.92 Å². The van der Waals surface area contributed by atoms with Gasteiger partial charge in [0.15, 0.2) is 5.82 Å². The fourth-order valence-electron chi connectivity index (χ4n) is 3.76. The van der Waals surface area contributed by atoms with Gasteiger partial charge in [-0.05, 0) is 44.4 Å². The Morgan fingerprint density at radius 1 is 1.38 bits per heavy atom. The van der Waals surface area contributed by atoms with Crippen LogP contribution in [-0.2, 0) is 13.0 Å². The van der Waals surface area contributed by atoms with E-state index in [1.807, 2.05) is 6.92 Å². The molecular formula is C18H23N3O3. The first-order chi connectivity index (χ1) is 11.4. The maximum absolute atomic E-state index is 10.1. The summed E-state index contributed by atoms with van der Waals surface area (Å²) in [5.74, 6) is 2.20. The summed E-state index contributed by atoms with van der Waals surface area (Å²) < 4.78 is 11.3. The number of aliphatic hydroxyl groups excluding tert-OH is 1. The first-order valence-electron chi connectivity index (χ1n) is 8.43. The highest BCUT2D eigenvalue weighted by molar-refractivity contribution is 5.41. The zero-order valence-corrected chi connectivity index (χ0v) is 14.3. The molecule has 0 saturated carbocycles. The summed E-state index contributed by atoms with van der Waals surface area (Å²) in [6.45, 7) is 7.39. The number of rotatable bonds is 3. The molecule has 0 spiro atoms. The summed E-state index contributed by atoms with van der Waals surface area (Å²) >= 11 is 0. The Morgan fingerprint density at radius 3 is 2.96 bits per heavy atom. The van der Waals surface area contributed by atoms with Gasteiger partial charge in [-0.3, -0.25) is 4.90 Å². The van der Waals surface area contributed by atoms with E-state index in [1.165, 1.54) is 11.1 Å². The molecule has 6 heteroatoms. The normalized spacial score (nSPS) is 25.7. The molecule has 1 aromatic carbocycles. The second-order valence-electron chi connectivity index (χ2n) is 7.50. The van der Waals surface area contributed by atoms with Gasteiger partial charge in [-0.25, -0.2) is 0 Å². The Kier molecular flexibility index (Phi) is 3.62. The molecule has 1 N–H and O–H groups in total. The van der Waals surface area contributed by atoms with Gasteiger partial charge in [0.1, 0.15) is 11.4 Å². The Balaban J connectivity index is 1.54. The first-order valence-corrected chi connectivity index (χ1v) is 8.43. The van der Waals surface area contributed by atoms with Gasteiger partial charge in [-0.15, -0.1) is 0 Å². The topological polar surface area (TPSA) is 71.6 Å². The lowest BCUT2D eigenvalue weighted by atomic mass is 10.00. The Hall–Kier alpha value is -1.92. The molecule has 2 atom stereocenters. The van der Waals surface area contributed by atoms with Crippen molar-refractivity contribution in [2.24, 2.45) is 0 Å². The lowest BCUT2D eigenvalue weighted by Gasteiger charge is -2.21. The monoisotopic (exact) mass is 329 g/mol. The molecule has 4 rings (SSSR count). The van der Waals surface area contributed by atoms with E-state index in [0.717, 1.165) is 18.7 Å². The molecule has 0 unspecified atom stereocenters. The van der Waals surface area contributed by atoms with E-state index in [4.69, 9.17) is 9.26 Å². The standard InChI is InChI=1S/C18H23N3O3/c1-11-19-17(24-20-11)15-7-14(22)10-21(15)9-12-4-5-16-13(6-12)8-18(2,3)23-16/h4-6,14-15,22H,7-10H2,1-3H3/t14-,15+/m0/s1. The summed E-state index contributed by atoms with van der Waals surface area (Å²) in [5.41, 5.74) is 2.34. The zero-order valence-electron chi connectivity index (χ0n) is 14.3. The molecule has 2 aliphatic heterocycles. The number of hydrogen-bond donors (Lipinski definition) is 1. The minimum absolute atomic E-state index is 0.0258. The third-order valence-corrected chi connectivity index (χ3v) is 4.72. The van der Waals surface area contributed by atoms with E-state index < -0.39 is 0 Å². The van der Waals surface area contributed by atoms with Gasteiger partial charge in [0, 0.05) is 19.5 Å². The molecule has 0 aliphatic carbocycles. The molecule has 0 bridgehead atoms. The third-order valence-electron chi connectivity index (χ3n) is 4.72. The number of aliphatic hydroxyl groups is 1. The van der Waals surface area contributed by atoms with Crippen LogP contribution in [0.2, 0.25) is 0 Å². The molecular weight excluding hydrogens is 306 g/mol. The van der Waals surface area contributed by atoms with Crippen molar-refractivity contribution in [3.8, 4) is 5.75 Å². The van der Waals surface area contributed by atoms with Crippen LogP contribution in [-0.4, -0.2) is 38.4 Å². The molecule has 1 saturated heterocycles. The van der Waals surface area contributed by atoms with Gasteiger partial charge in [0.05, 0.1) is 12.1 Å². The molecule has 6 nitrogen and oxygen atoms in total. The highest BCUT2D eigenvalue weighted by atomic mass is 16.5. The zero-order chi connectivity index (χ0) is 16.9. The molecule has 128 valence electrons. The molecule has 3 heterocycles. The fraction of sp³-hybridized carbons (Fsp3) is 0.556. The number of likely N-dealkylation sites (tertiary alicyclic amines) is 1. The van der Waals surface area contributed by atoms with E-state index in [0.29, 0.717) is 24.7 Å². The Labute approximate surface area is 141 Å². The highest BCUT2D eigenvalue weighted by Crippen LogP contribution is 2.37. The van der Waals surface area contributed by atoms with E-state index in [2.05, 4.69) is 47.1 Å². The van der Waals surface area contributed by atoms with E-state index in [-0.39, 0.29) is 17.7 Å². The average molecular weight is 329 g/mol. The Morgan fingerprint density at radius 2 is 2.21 bits per heavy atom. The number of hydrogen-bond acceptors (Lipinski definition) is 6. The van der Waals surface area contributed by atoms with Crippen molar-refractivity contribution in [3.63, 3.8) is 0 Å². The third kappa shape index (κ3) is 2.91. The quantitative estimate of drug-likeness (QED) is 0.932. The summed E-state index contributed by atoms with van der Waals surface area (Å²) in [6.07, 6.45) is 1.19. The lowest BCUT2D eigenvalue weighted by molar-refractivity contribution is 0.138. The number of benzene rings is 1. The first kappa shape index (κ1) is 15.6. The van der Waals surface area contributed by atoms with E-state index >= 15 is 0 Å². The van der Waals surface area contributed by atoms with Gasteiger partial charge >= 0.3 is 0 Å². The van der Waals surface area contributed by atoms with Crippen LogP contribution in [0.15, 0.2) is 22.7 Å². The summed E-state index contributed by atoms with van der Waals surface area (Å²) in [4.78, 5) is 6.55. The van der Waals surface area contributed by atoms with Gasteiger partial charge < -0.3 is 14.4 Å². The molecule has 2 aliphatic rings. The van der Waals surface area contributed by atoms with Crippen molar-refractivity contribution in [2.45, 2.75) is 57.9 Å². The van der Waals surface area contributed by atoms with Crippen molar-refractivity contribution in [3.05, 3.63) is 41.0 Å². The molecule has 0 radical (unpaired) electrons. The minimum Gasteiger partial charge on any atom is -0.487 e. The van der Waals surface area contributed by atoms with Crippen LogP contribution in [0.5, 0.6) is 5.75 Å². The van der Waals surface area contributed by atoms with Crippen LogP contribution in [0.3, 0.4) is 0 Å². The molecule has 1 aromatic heterocycles. The average Bonchev–Trinajstić information content (AvgIpc) is 3.14. The lowest BCUT2D eigenvalue weighted by Crippen LogP contribution is -2.25. The molecule has 1 fully saturated rings. The van der Waals surface area contributed by atoms with Crippen LogP contribution in [0.25, 0.3) is 0 Å². The maximum Gasteiger partial charge on any atom is 0.244 e. The summed E-state index contributed by atoms with van der Waals surface area (Å²) in [5, 5.41) is 14.0. The second kappa shape index (κ2) is 5.57. The predicted octanol–water partition coefficient (Wildman–Crippen LogP) is 2.40. The van der Waals surface area contributed by atoms with Crippen LogP contribution < -0.4 is 4.74 Å². The van der Waals surface area contributed by atoms with Crippen molar-refractivity contribution < 1.29 is 14.4 Å². The van der Waals surface area contributed by atoms with Gasteiger partial charge in [-0.2, -0.15) is 4.98 Å². The Bertz CT molecular complexity index is 756. The number of ether oxygens (including phenoxy) is 1. The number of nitrogens with zero attached hydrogens (tertiary/aromatic N) is 3. The van der Waals surface area contributed by atoms with Crippen LogP contribution in [0.1, 0.15) is 49.2 Å². The fourth-order valence-corrected chi connectivity index (χ4v) is 3.76. The van der Waals surface area contributed by atoms with Crippen molar-refractivity contribution in [2.75, 3.05) is 6.54 Å². The number of fused-ring (bicyclic) bond motifs is 1.